The number of aryl methyl sites for hydroxylation is 2. The zero-order valence-corrected chi connectivity index (χ0v) is 10.5. The summed E-state index contributed by atoms with van der Waals surface area (Å²) in [5, 5.41) is 0.751. The number of nitrogens with zero attached hydrogens (tertiary/aromatic N) is 1. The van der Waals surface area contributed by atoms with Crippen molar-refractivity contribution in [3.05, 3.63) is 28.6 Å². The number of hydrogen-bond acceptors (Lipinski definition) is 3. The van der Waals surface area contributed by atoms with E-state index in [0.29, 0.717) is 0 Å². The van der Waals surface area contributed by atoms with Crippen LogP contribution in [0.25, 0.3) is 10.6 Å². The predicted octanol–water partition coefficient (Wildman–Crippen LogP) is 3.79. The van der Waals surface area contributed by atoms with E-state index in [1.165, 1.54) is 41.0 Å². The third-order valence-electron chi connectivity index (χ3n) is 2.74. The topological polar surface area (TPSA) is 26.0 Å². The average molecular weight is 284 g/mol. The van der Waals surface area contributed by atoms with Crippen LogP contribution in [0.2, 0.25) is 0 Å². The summed E-state index contributed by atoms with van der Waals surface area (Å²) in [6, 6.07) is 2.26. The van der Waals surface area contributed by atoms with Crippen LogP contribution in [0.5, 0.6) is 0 Å². The Morgan fingerprint density at radius 1 is 1.47 bits per heavy atom. The molecule has 0 N–H and O–H groups in total. The van der Waals surface area contributed by atoms with Gasteiger partial charge in [0.2, 0.25) is 0 Å². The molecule has 0 radical (unpaired) electrons. The van der Waals surface area contributed by atoms with Crippen molar-refractivity contribution in [2.75, 3.05) is 0 Å². The van der Waals surface area contributed by atoms with Crippen molar-refractivity contribution < 1.29 is 4.42 Å². The Morgan fingerprint density at radius 3 is 3.20 bits per heavy atom. The molecule has 0 bridgehead atoms. The number of thiophene rings is 1. The molecule has 4 heteroatoms. The highest BCUT2D eigenvalue weighted by molar-refractivity contribution is 9.08. The van der Waals surface area contributed by atoms with Crippen LogP contribution in [0.15, 0.2) is 16.9 Å². The second kappa shape index (κ2) is 3.76. The van der Waals surface area contributed by atoms with Crippen LogP contribution >= 0.6 is 27.3 Å². The monoisotopic (exact) mass is 283 g/mol. The highest BCUT2D eigenvalue weighted by Crippen LogP contribution is 2.37. The zero-order chi connectivity index (χ0) is 10.3. The number of hydrogen-bond donors (Lipinski definition) is 0. The summed E-state index contributed by atoms with van der Waals surface area (Å²) in [5.41, 5.74) is 2.50. The average Bonchev–Trinajstić information content (AvgIpc) is 2.91. The van der Waals surface area contributed by atoms with E-state index in [1.54, 1.807) is 0 Å². The summed E-state index contributed by atoms with van der Waals surface area (Å²) in [4.78, 5) is 6.94. The maximum absolute atomic E-state index is 5.45. The quantitative estimate of drug-likeness (QED) is 0.784. The lowest BCUT2D eigenvalue weighted by molar-refractivity contribution is 0.572. The molecule has 0 atom stereocenters. The van der Waals surface area contributed by atoms with Gasteiger partial charge in [0.25, 0.3) is 0 Å². The molecule has 15 heavy (non-hydrogen) atoms. The van der Waals surface area contributed by atoms with E-state index in [0.717, 1.165) is 16.8 Å². The summed E-state index contributed by atoms with van der Waals surface area (Å²) >= 11 is 5.28. The largest absolute Gasteiger partial charge is 0.442 e. The first-order chi connectivity index (χ1) is 7.38. The number of halogens is 1. The van der Waals surface area contributed by atoms with Crippen LogP contribution in [0.1, 0.15) is 22.6 Å². The molecule has 0 amide bonds. The smallest absolute Gasteiger partial charge is 0.181 e. The lowest BCUT2D eigenvalue weighted by Crippen LogP contribution is -1.79. The molecule has 2 aromatic rings. The van der Waals surface area contributed by atoms with Crippen molar-refractivity contribution >= 4 is 27.3 Å². The van der Waals surface area contributed by atoms with Crippen LogP contribution in [0.4, 0.5) is 0 Å². The Labute approximate surface area is 100 Å². The Morgan fingerprint density at radius 2 is 2.40 bits per heavy atom. The molecule has 1 aliphatic carbocycles. The third-order valence-corrected chi connectivity index (χ3v) is 4.51. The molecule has 1 aliphatic rings. The highest BCUT2D eigenvalue weighted by Gasteiger charge is 2.19. The van der Waals surface area contributed by atoms with Gasteiger partial charge in [-0.3, -0.25) is 0 Å². The second-order valence-electron chi connectivity index (χ2n) is 3.67. The Hall–Kier alpha value is -0.610. The third kappa shape index (κ3) is 1.56. The van der Waals surface area contributed by atoms with Crippen LogP contribution in [-0.2, 0) is 18.2 Å². The maximum Gasteiger partial charge on any atom is 0.181 e. The highest BCUT2D eigenvalue weighted by atomic mass is 79.9. The fourth-order valence-corrected chi connectivity index (χ4v) is 3.67. The molecule has 78 valence electrons. The number of rotatable bonds is 2. The van der Waals surface area contributed by atoms with Crippen molar-refractivity contribution in [2.45, 2.75) is 24.6 Å². The molecule has 0 saturated carbocycles. The molecular formula is C11H10BrNOS. The van der Waals surface area contributed by atoms with E-state index in [4.69, 9.17) is 4.42 Å². The summed E-state index contributed by atoms with van der Waals surface area (Å²) in [5.74, 6) is 0.936. The molecule has 0 fully saturated rings. The SMILES string of the molecule is BrCc1ncoc1-c1cc2c(s1)CCC2. The molecule has 0 saturated heterocycles. The van der Waals surface area contributed by atoms with Gasteiger partial charge in [-0.15, -0.1) is 11.3 Å². The fraction of sp³-hybridized carbons (Fsp3) is 0.364. The fourth-order valence-electron chi connectivity index (χ4n) is 2.01. The minimum Gasteiger partial charge on any atom is -0.442 e. The summed E-state index contributed by atoms with van der Waals surface area (Å²) < 4.78 is 5.45. The van der Waals surface area contributed by atoms with Crippen molar-refractivity contribution in [3.63, 3.8) is 0 Å². The molecule has 0 aliphatic heterocycles. The molecule has 2 aromatic heterocycles. The Kier molecular flexibility index (Phi) is 2.41. The van der Waals surface area contributed by atoms with Gasteiger partial charge in [-0.2, -0.15) is 0 Å². The maximum atomic E-state index is 5.45. The van der Waals surface area contributed by atoms with E-state index in [-0.39, 0.29) is 0 Å². The van der Waals surface area contributed by atoms with Gasteiger partial charge < -0.3 is 4.42 Å². The molecule has 0 spiro atoms. The number of alkyl halides is 1. The van der Waals surface area contributed by atoms with E-state index in [2.05, 4.69) is 27.0 Å². The summed E-state index contributed by atoms with van der Waals surface area (Å²) in [7, 11) is 0. The molecule has 0 unspecified atom stereocenters. The van der Waals surface area contributed by atoms with Gasteiger partial charge in [-0.1, -0.05) is 15.9 Å². The van der Waals surface area contributed by atoms with Crippen LogP contribution in [0.3, 0.4) is 0 Å². The number of aromatic nitrogens is 1. The molecule has 2 nitrogen and oxygen atoms in total. The van der Waals surface area contributed by atoms with Crippen molar-refractivity contribution in [2.24, 2.45) is 0 Å². The predicted molar refractivity (Wildman–Crippen MR) is 64.5 cm³/mol. The van der Waals surface area contributed by atoms with Gasteiger partial charge in [0, 0.05) is 10.2 Å². The van der Waals surface area contributed by atoms with Gasteiger partial charge in [0.05, 0.1) is 10.6 Å². The second-order valence-corrected chi connectivity index (χ2v) is 5.37. The number of oxazole rings is 1. The first kappa shape index (κ1) is 9.60. The molecule has 3 rings (SSSR count). The minimum absolute atomic E-state index is 0.751. The van der Waals surface area contributed by atoms with E-state index in [1.807, 2.05) is 11.3 Å². The zero-order valence-electron chi connectivity index (χ0n) is 8.12. The summed E-state index contributed by atoms with van der Waals surface area (Å²) in [6.45, 7) is 0. The molecule has 0 aromatic carbocycles. The van der Waals surface area contributed by atoms with Gasteiger partial charge in [0.15, 0.2) is 12.2 Å². The van der Waals surface area contributed by atoms with Crippen molar-refractivity contribution in [3.8, 4) is 10.6 Å². The van der Waals surface area contributed by atoms with E-state index < -0.39 is 0 Å². The van der Waals surface area contributed by atoms with Gasteiger partial charge in [0.1, 0.15) is 0 Å². The van der Waals surface area contributed by atoms with Gasteiger partial charge in [-0.05, 0) is 30.9 Å². The minimum atomic E-state index is 0.751. The molecule has 2 heterocycles. The van der Waals surface area contributed by atoms with Crippen molar-refractivity contribution in [1.29, 1.82) is 0 Å². The van der Waals surface area contributed by atoms with Crippen LogP contribution in [0, 0.1) is 0 Å². The lowest BCUT2D eigenvalue weighted by Gasteiger charge is -1.93. The first-order valence-electron chi connectivity index (χ1n) is 4.99. The number of fused-ring (bicyclic) bond motifs is 1. The van der Waals surface area contributed by atoms with Crippen LogP contribution < -0.4 is 0 Å². The Bertz CT molecular complexity index is 467. The Balaban J connectivity index is 2.05. The normalized spacial score (nSPS) is 14.5. The standard InChI is InChI=1S/C11H10BrNOS/c12-5-8-11(14-6-13-8)10-4-7-2-1-3-9(7)15-10/h4,6H,1-3,5H2. The van der Waals surface area contributed by atoms with Gasteiger partial charge >= 0.3 is 0 Å². The molecular weight excluding hydrogens is 274 g/mol. The summed E-state index contributed by atoms with van der Waals surface area (Å²) in [6.07, 6.45) is 5.29. The van der Waals surface area contributed by atoms with Crippen molar-refractivity contribution in [1.82, 2.24) is 4.98 Å². The van der Waals surface area contributed by atoms with Gasteiger partial charge in [-0.25, -0.2) is 4.98 Å². The van der Waals surface area contributed by atoms with Crippen LogP contribution in [-0.4, -0.2) is 4.98 Å². The first-order valence-corrected chi connectivity index (χ1v) is 6.92. The lowest BCUT2D eigenvalue weighted by atomic mass is 10.2. The van der Waals surface area contributed by atoms with E-state index in [9.17, 15) is 0 Å². The van der Waals surface area contributed by atoms with E-state index >= 15 is 0 Å².